The number of nitrogens with two attached hydrogens (primary N) is 1. The van der Waals surface area contributed by atoms with Crippen LogP contribution in [0.5, 0.6) is 0 Å². The molecular formula is C16H26FN5O3S. The van der Waals surface area contributed by atoms with Crippen molar-refractivity contribution in [2.45, 2.75) is 39.2 Å². The van der Waals surface area contributed by atoms with E-state index in [9.17, 15) is 13.5 Å². The van der Waals surface area contributed by atoms with Gasteiger partial charge in [0.2, 0.25) is 0 Å². The van der Waals surface area contributed by atoms with Gasteiger partial charge >= 0.3 is 11.7 Å². The molecule has 2 heterocycles. The number of nitrogens with zero attached hydrogens (tertiary/aromatic N) is 4. The summed E-state index contributed by atoms with van der Waals surface area (Å²) in [5, 5.41) is 0. The molecule has 1 saturated heterocycles. The lowest BCUT2D eigenvalue weighted by molar-refractivity contribution is 0.0240. The van der Waals surface area contributed by atoms with Crippen LogP contribution in [0, 0.1) is 0 Å². The van der Waals surface area contributed by atoms with Crippen LogP contribution < -0.4 is 16.2 Å². The van der Waals surface area contributed by atoms with Gasteiger partial charge in [-0.15, -0.1) is 3.89 Å². The highest BCUT2D eigenvalue weighted by molar-refractivity contribution is 7.92. The zero-order valence-corrected chi connectivity index (χ0v) is 16.2. The fourth-order valence-electron chi connectivity index (χ4n) is 2.59. The van der Waals surface area contributed by atoms with E-state index >= 15 is 0 Å². The van der Waals surface area contributed by atoms with Gasteiger partial charge in [-0.2, -0.15) is 0 Å². The Morgan fingerprint density at radius 3 is 2.54 bits per heavy atom. The Bertz CT molecular complexity index is 683. The first-order valence-electron chi connectivity index (χ1n) is 8.59. The maximum absolute atomic E-state index is 13.1. The largest absolute Gasteiger partial charge is 0.444 e. The predicted molar refractivity (Wildman–Crippen MR) is 100.0 cm³/mol. The number of hydrogen-bond acceptors (Lipinski definition) is 7. The van der Waals surface area contributed by atoms with Crippen LogP contribution in [0.4, 0.5) is 14.5 Å². The Kier molecular flexibility index (Phi) is 6.87. The fraction of sp³-hybridized carbons (Fsp3) is 0.688. The molecule has 0 unspecified atom stereocenters. The molecule has 26 heavy (non-hydrogen) atoms. The number of amides is 1. The topological polar surface area (TPSA) is 93.7 Å². The van der Waals surface area contributed by atoms with Gasteiger partial charge in [-0.25, -0.2) is 13.8 Å². The second kappa shape index (κ2) is 8.72. The van der Waals surface area contributed by atoms with Gasteiger partial charge in [-0.3, -0.25) is 4.79 Å². The zero-order chi connectivity index (χ0) is 19.3. The van der Waals surface area contributed by atoms with Crippen molar-refractivity contribution >= 4 is 24.2 Å². The van der Waals surface area contributed by atoms with Gasteiger partial charge in [-0.1, -0.05) is 0 Å². The Balaban J connectivity index is 2.10. The van der Waals surface area contributed by atoms with Gasteiger partial charge in [0, 0.05) is 32.4 Å². The first-order chi connectivity index (χ1) is 12.2. The van der Waals surface area contributed by atoms with E-state index in [1.807, 2.05) is 20.8 Å². The highest BCUT2D eigenvalue weighted by Crippen LogP contribution is 2.16. The molecule has 1 aliphatic rings. The van der Waals surface area contributed by atoms with E-state index in [0.717, 1.165) is 3.97 Å². The molecule has 1 aromatic heterocycles. The van der Waals surface area contributed by atoms with E-state index in [2.05, 4.69) is 4.98 Å². The van der Waals surface area contributed by atoms with Crippen LogP contribution in [0.15, 0.2) is 11.0 Å². The van der Waals surface area contributed by atoms with E-state index in [0.29, 0.717) is 51.3 Å². The van der Waals surface area contributed by atoms with Gasteiger partial charge in [0.25, 0.3) is 0 Å². The van der Waals surface area contributed by atoms with Crippen molar-refractivity contribution in [1.82, 2.24) is 13.9 Å². The molecule has 1 fully saturated rings. The van der Waals surface area contributed by atoms with E-state index < -0.39 is 11.2 Å². The molecule has 0 atom stereocenters. The Labute approximate surface area is 156 Å². The molecule has 0 saturated carbocycles. The summed E-state index contributed by atoms with van der Waals surface area (Å²) < 4.78 is 19.4. The second-order valence-electron chi connectivity index (χ2n) is 7.10. The molecule has 8 nitrogen and oxygen atoms in total. The third-order valence-electron chi connectivity index (χ3n) is 3.85. The van der Waals surface area contributed by atoms with Crippen LogP contribution in [0.3, 0.4) is 0 Å². The summed E-state index contributed by atoms with van der Waals surface area (Å²) in [4.78, 5) is 32.3. The number of carbonyl (C=O) groups excluding carboxylic acids is 1. The van der Waals surface area contributed by atoms with Crippen LogP contribution in [0.25, 0.3) is 0 Å². The number of aromatic nitrogens is 2. The average Bonchev–Trinajstić information content (AvgIpc) is 2.59. The van der Waals surface area contributed by atoms with E-state index in [1.54, 1.807) is 9.80 Å². The minimum absolute atomic E-state index is 0.145. The summed E-state index contributed by atoms with van der Waals surface area (Å²) in [6.07, 6.45) is 2.30. The average molecular weight is 387 g/mol. The Morgan fingerprint density at radius 2 is 2.00 bits per heavy atom. The maximum atomic E-state index is 13.1. The van der Waals surface area contributed by atoms with Crippen molar-refractivity contribution in [3.05, 3.63) is 22.2 Å². The number of aryl methyl sites for hydroxylation is 1. The number of rotatable bonds is 5. The Hall–Kier alpha value is -1.81. The lowest BCUT2D eigenvalue weighted by Crippen LogP contribution is -2.51. The molecular weight excluding hydrogens is 361 g/mol. The molecule has 2 rings (SSSR count). The number of anilines is 1. The molecule has 0 spiro atoms. The zero-order valence-electron chi connectivity index (χ0n) is 15.4. The summed E-state index contributed by atoms with van der Waals surface area (Å²) >= 11 is -0.145. The highest BCUT2D eigenvalue weighted by atomic mass is 32.2. The molecule has 1 aromatic rings. The SMILES string of the molecule is CC(C)(C)OC(=O)N1CCN(c2nc(CCCN)cn(SF)c2=O)CC1. The van der Waals surface area contributed by atoms with Crippen molar-refractivity contribution in [2.24, 2.45) is 5.73 Å². The summed E-state index contributed by atoms with van der Waals surface area (Å²) in [6.45, 7) is 7.61. The fourth-order valence-corrected chi connectivity index (χ4v) is 2.90. The normalized spacial score (nSPS) is 15.3. The van der Waals surface area contributed by atoms with Crippen LogP contribution in [-0.4, -0.2) is 58.3 Å². The lowest BCUT2D eigenvalue weighted by atomic mass is 10.2. The third-order valence-corrected chi connectivity index (χ3v) is 4.27. The van der Waals surface area contributed by atoms with Gasteiger partial charge in [-0.05, 0) is 40.2 Å². The first-order valence-corrected chi connectivity index (χ1v) is 9.27. The summed E-state index contributed by atoms with van der Waals surface area (Å²) in [5.41, 5.74) is 5.07. The Morgan fingerprint density at radius 1 is 1.35 bits per heavy atom. The molecule has 1 aliphatic heterocycles. The molecule has 0 aromatic carbocycles. The molecule has 10 heteroatoms. The van der Waals surface area contributed by atoms with Crippen molar-refractivity contribution < 1.29 is 13.4 Å². The van der Waals surface area contributed by atoms with Crippen molar-refractivity contribution in [2.75, 3.05) is 37.6 Å². The van der Waals surface area contributed by atoms with Crippen molar-refractivity contribution in [3.63, 3.8) is 0 Å². The van der Waals surface area contributed by atoms with Gasteiger partial charge < -0.3 is 20.3 Å². The number of piperazine rings is 1. The van der Waals surface area contributed by atoms with E-state index in [1.165, 1.54) is 6.20 Å². The van der Waals surface area contributed by atoms with Gasteiger partial charge in [0.1, 0.15) is 5.60 Å². The molecule has 2 N–H and O–H groups in total. The summed E-state index contributed by atoms with van der Waals surface area (Å²) in [7, 11) is 0. The summed E-state index contributed by atoms with van der Waals surface area (Å²) in [5.74, 6) is 0.202. The summed E-state index contributed by atoms with van der Waals surface area (Å²) in [6, 6.07) is 0. The maximum Gasteiger partial charge on any atom is 0.410 e. The van der Waals surface area contributed by atoms with Crippen molar-refractivity contribution in [1.29, 1.82) is 0 Å². The quantitative estimate of drug-likeness (QED) is 0.820. The van der Waals surface area contributed by atoms with Gasteiger partial charge in [0.15, 0.2) is 18.2 Å². The smallest absolute Gasteiger partial charge is 0.410 e. The van der Waals surface area contributed by atoms with E-state index in [4.69, 9.17) is 10.5 Å². The monoisotopic (exact) mass is 387 g/mol. The minimum atomic E-state index is -0.556. The van der Waals surface area contributed by atoms with Crippen LogP contribution in [0.2, 0.25) is 0 Å². The lowest BCUT2D eigenvalue weighted by Gasteiger charge is -2.35. The molecule has 0 aliphatic carbocycles. The minimum Gasteiger partial charge on any atom is -0.444 e. The predicted octanol–water partition coefficient (Wildman–Crippen LogP) is 1.57. The van der Waals surface area contributed by atoms with Gasteiger partial charge in [0.05, 0.1) is 5.69 Å². The molecule has 0 radical (unpaired) electrons. The molecule has 0 bridgehead atoms. The molecule has 1 amide bonds. The number of hydrogen-bond donors (Lipinski definition) is 1. The number of carbonyl (C=O) groups is 1. The first kappa shape index (κ1) is 20.5. The van der Waals surface area contributed by atoms with Crippen molar-refractivity contribution in [3.8, 4) is 0 Å². The van der Waals surface area contributed by atoms with E-state index in [-0.39, 0.29) is 24.2 Å². The second-order valence-corrected chi connectivity index (χ2v) is 7.63. The van der Waals surface area contributed by atoms with Crippen LogP contribution >= 0.6 is 12.3 Å². The highest BCUT2D eigenvalue weighted by Gasteiger charge is 2.27. The third kappa shape index (κ3) is 5.34. The molecule has 146 valence electrons. The van der Waals surface area contributed by atoms with Crippen LogP contribution in [0.1, 0.15) is 32.9 Å². The standard InChI is InChI=1S/C16H26FN5O3S/c1-16(2,3)25-15(24)21-9-7-20(8-10-21)13-14(23)22(26-17)11-12(19-13)5-4-6-18/h11H,4-10,18H2,1-3H3. The number of ether oxygens (including phenoxy) is 1. The number of halogens is 1. The van der Waals surface area contributed by atoms with Crippen LogP contribution in [-0.2, 0) is 11.2 Å².